The number of benzene rings is 2. The van der Waals surface area contributed by atoms with Gasteiger partial charge in [-0.05, 0) is 43.0 Å². The number of halogens is 1. The zero-order valence-corrected chi connectivity index (χ0v) is 17.7. The van der Waals surface area contributed by atoms with E-state index in [0.717, 1.165) is 5.56 Å². The van der Waals surface area contributed by atoms with Crippen LogP contribution in [0.5, 0.6) is 0 Å². The molecule has 1 aliphatic rings. The maximum Gasteiger partial charge on any atom is 0.230 e. The highest BCUT2D eigenvalue weighted by Gasteiger charge is 2.44. The Bertz CT molecular complexity index is 956. The van der Waals surface area contributed by atoms with Crippen molar-refractivity contribution in [3.63, 3.8) is 0 Å². The predicted molar refractivity (Wildman–Crippen MR) is 113 cm³/mol. The molecule has 162 valence electrons. The van der Waals surface area contributed by atoms with Crippen molar-refractivity contribution in [2.75, 3.05) is 25.4 Å². The Morgan fingerprint density at radius 2 is 1.73 bits per heavy atom. The van der Waals surface area contributed by atoms with Crippen LogP contribution in [0.4, 0.5) is 4.39 Å². The van der Waals surface area contributed by atoms with Gasteiger partial charge in [0, 0.05) is 19.6 Å². The summed E-state index contributed by atoms with van der Waals surface area (Å²) in [6, 6.07) is 14.8. The molecule has 1 saturated heterocycles. The highest BCUT2D eigenvalue weighted by Crippen LogP contribution is 2.37. The summed E-state index contributed by atoms with van der Waals surface area (Å²) in [7, 11) is -3.31. The third-order valence-corrected chi connectivity index (χ3v) is 7.69. The van der Waals surface area contributed by atoms with Gasteiger partial charge in [0.2, 0.25) is 15.9 Å². The van der Waals surface area contributed by atoms with Crippen LogP contribution in [0.3, 0.4) is 0 Å². The lowest BCUT2D eigenvalue weighted by atomic mass is 9.72. The molecule has 2 aromatic rings. The Balaban J connectivity index is 1.76. The number of rotatable bonds is 7. The maximum absolute atomic E-state index is 13.3. The molecule has 1 atom stereocenters. The third kappa shape index (κ3) is 4.71. The average Bonchev–Trinajstić information content (AvgIpc) is 2.78. The molecule has 1 fully saturated rings. The number of nitrogens with one attached hydrogen (secondary N) is 1. The fourth-order valence-electron chi connectivity index (χ4n) is 3.89. The number of hydrogen-bond acceptors (Lipinski definition) is 4. The van der Waals surface area contributed by atoms with Crippen molar-refractivity contribution < 1.29 is 22.7 Å². The zero-order valence-electron chi connectivity index (χ0n) is 16.9. The summed E-state index contributed by atoms with van der Waals surface area (Å²) in [6.45, 7) is 2.12. The highest BCUT2D eigenvalue weighted by molar-refractivity contribution is 7.89. The van der Waals surface area contributed by atoms with Gasteiger partial charge in [0.1, 0.15) is 5.82 Å². The van der Waals surface area contributed by atoms with Crippen LogP contribution in [0.2, 0.25) is 0 Å². The first kappa shape index (κ1) is 22.4. The van der Waals surface area contributed by atoms with Crippen LogP contribution in [0.25, 0.3) is 0 Å². The Kier molecular flexibility index (Phi) is 6.90. The topological polar surface area (TPSA) is 86.7 Å². The minimum atomic E-state index is -3.31. The Labute approximate surface area is 176 Å². The average molecular weight is 435 g/mol. The van der Waals surface area contributed by atoms with E-state index in [1.165, 1.54) is 28.6 Å². The standard InChI is InChI=1S/C22H27FN2O4S/c1-2-30(28,29)25-14-12-22(13-15-25,18-6-4-3-5-7-18)21(27)24-16-20(26)17-8-10-19(23)11-9-17/h3-11,20,26H,2,12-16H2,1H3,(H,24,27). The molecule has 8 heteroatoms. The summed E-state index contributed by atoms with van der Waals surface area (Å²) in [5.41, 5.74) is 0.463. The van der Waals surface area contributed by atoms with Crippen molar-refractivity contribution in [2.24, 2.45) is 0 Å². The molecule has 0 spiro atoms. The fraction of sp³-hybridized carbons (Fsp3) is 0.409. The molecule has 0 saturated carbocycles. The van der Waals surface area contributed by atoms with Gasteiger partial charge >= 0.3 is 0 Å². The molecule has 0 aliphatic carbocycles. The number of piperidine rings is 1. The van der Waals surface area contributed by atoms with E-state index in [4.69, 9.17) is 0 Å². The second kappa shape index (κ2) is 9.24. The van der Waals surface area contributed by atoms with Crippen LogP contribution in [-0.2, 0) is 20.2 Å². The van der Waals surface area contributed by atoms with Crippen molar-refractivity contribution in [1.82, 2.24) is 9.62 Å². The summed E-state index contributed by atoms with van der Waals surface area (Å²) < 4.78 is 39.0. The summed E-state index contributed by atoms with van der Waals surface area (Å²) >= 11 is 0. The van der Waals surface area contributed by atoms with Gasteiger partial charge < -0.3 is 10.4 Å². The monoisotopic (exact) mass is 434 g/mol. The van der Waals surface area contributed by atoms with Crippen LogP contribution in [-0.4, -0.2) is 49.1 Å². The van der Waals surface area contributed by atoms with E-state index in [2.05, 4.69) is 5.32 Å². The van der Waals surface area contributed by atoms with Crippen LogP contribution in [0.1, 0.15) is 37.0 Å². The zero-order chi connectivity index (χ0) is 21.8. The Morgan fingerprint density at radius 1 is 1.13 bits per heavy atom. The Hall–Kier alpha value is -2.29. The number of carbonyl (C=O) groups excluding carboxylic acids is 1. The molecule has 2 N–H and O–H groups in total. The minimum Gasteiger partial charge on any atom is -0.387 e. The fourth-order valence-corrected chi connectivity index (χ4v) is 5.00. The van der Waals surface area contributed by atoms with Gasteiger partial charge in [-0.15, -0.1) is 0 Å². The molecule has 0 bridgehead atoms. The number of hydrogen-bond donors (Lipinski definition) is 2. The van der Waals surface area contributed by atoms with Crippen molar-refractivity contribution in [3.05, 3.63) is 71.5 Å². The van der Waals surface area contributed by atoms with Crippen LogP contribution in [0, 0.1) is 5.82 Å². The molecular formula is C22H27FN2O4S. The first-order valence-corrected chi connectivity index (χ1v) is 11.6. The molecule has 30 heavy (non-hydrogen) atoms. The number of aliphatic hydroxyl groups is 1. The molecule has 1 aliphatic heterocycles. The number of sulfonamides is 1. The van der Waals surface area contributed by atoms with Gasteiger partial charge in [-0.3, -0.25) is 4.79 Å². The largest absolute Gasteiger partial charge is 0.387 e. The Morgan fingerprint density at radius 3 is 2.30 bits per heavy atom. The van der Waals surface area contributed by atoms with E-state index in [-0.39, 0.29) is 31.3 Å². The normalized spacial score (nSPS) is 18.0. The smallest absolute Gasteiger partial charge is 0.230 e. The van der Waals surface area contributed by atoms with Crippen LogP contribution < -0.4 is 5.32 Å². The first-order chi connectivity index (χ1) is 14.3. The third-order valence-electron chi connectivity index (χ3n) is 5.81. The summed E-state index contributed by atoms with van der Waals surface area (Å²) in [5.74, 6) is -0.614. The van der Waals surface area contributed by atoms with Crippen molar-refractivity contribution in [2.45, 2.75) is 31.3 Å². The van der Waals surface area contributed by atoms with E-state index < -0.39 is 27.4 Å². The molecule has 0 aromatic heterocycles. The lowest BCUT2D eigenvalue weighted by molar-refractivity contribution is -0.128. The quantitative estimate of drug-likeness (QED) is 0.701. The molecular weight excluding hydrogens is 407 g/mol. The SMILES string of the molecule is CCS(=O)(=O)N1CCC(C(=O)NCC(O)c2ccc(F)cc2)(c2ccccc2)CC1. The van der Waals surface area contributed by atoms with Gasteiger partial charge in [0.15, 0.2) is 0 Å². The van der Waals surface area contributed by atoms with E-state index in [0.29, 0.717) is 18.4 Å². The molecule has 0 radical (unpaired) electrons. The van der Waals surface area contributed by atoms with E-state index in [1.54, 1.807) is 6.92 Å². The lowest BCUT2D eigenvalue weighted by Gasteiger charge is -2.40. The number of amides is 1. The molecule has 6 nitrogen and oxygen atoms in total. The highest BCUT2D eigenvalue weighted by atomic mass is 32.2. The first-order valence-electron chi connectivity index (χ1n) is 10.0. The second-order valence-corrected chi connectivity index (χ2v) is 9.78. The van der Waals surface area contributed by atoms with Gasteiger partial charge in [-0.25, -0.2) is 17.1 Å². The van der Waals surface area contributed by atoms with Crippen molar-refractivity contribution >= 4 is 15.9 Å². The van der Waals surface area contributed by atoms with E-state index >= 15 is 0 Å². The van der Waals surface area contributed by atoms with Gasteiger partial charge in [0.05, 0.1) is 17.3 Å². The van der Waals surface area contributed by atoms with E-state index in [9.17, 15) is 22.7 Å². The molecule has 1 heterocycles. The van der Waals surface area contributed by atoms with Crippen LogP contribution >= 0.6 is 0 Å². The van der Waals surface area contributed by atoms with Gasteiger partial charge in [-0.2, -0.15) is 0 Å². The number of aliphatic hydroxyl groups excluding tert-OH is 1. The predicted octanol–water partition coefficient (Wildman–Crippen LogP) is 2.36. The van der Waals surface area contributed by atoms with Gasteiger partial charge in [-0.1, -0.05) is 42.5 Å². The molecule has 1 amide bonds. The van der Waals surface area contributed by atoms with Gasteiger partial charge in [0.25, 0.3) is 0 Å². The number of nitrogens with zero attached hydrogens (tertiary/aromatic N) is 1. The summed E-state index contributed by atoms with van der Waals surface area (Å²) in [5, 5.41) is 13.2. The summed E-state index contributed by atoms with van der Waals surface area (Å²) in [6.07, 6.45) is -0.258. The maximum atomic E-state index is 13.3. The van der Waals surface area contributed by atoms with Crippen molar-refractivity contribution in [1.29, 1.82) is 0 Å². The second-order valence-electron chi connectivity index (χ2n) is 7.53. The van der Waals surface area contributed by atoms with E-state index in [1.807, 2.05) is 30.3 Å². The van der Waals surface area contributed by atoms with Crippen LogP contribution in [0.15, 0.2) is 54.6 Å². The molecule has 2 aromatic carbocycles. The molecule has 1 unspecified atom stereocenters. The minimum absolute atomic E-state index is 0.0178. The lowest BCUT2D eigenvalue weighted by Crippen LogP contribution is -2.53. The summed E-state index contributed by atoms with van der Waals surface area (Å²) in [4.78, 5) is 13.3. The number of carbonyl (C=O) groups is 1. The van der Waals surface area contributed by atoms with Crippen molar-refractivity contribution in [3.8, 4) is 0 Å². The molecule has 3 rings (SSSR count).